The third-order valence-electron chi connectivity index (χ3n) is 10.1. The predicted octanol–water partition coefficient (Wildman–Crippen LogP) is 12.8. The Morgan fingerprint density at radius 2 is 0.843 bits per heavy atom. The summed E-state index contributed by atoms with van der Waals surface area (Å²) in [5, 5.41) is 9.56. The number of aromatic nitrogens is 3. The Morgan fingerprint density at radius 1 is 0.333 bits per heavy atom. The van der Waals surface area contributed by atoms with E-state index in [1.54, 1.807) is 0 Å². The highest BCUT2D eigenvalue weighted by Gasteiger charge is 2.16. The molecule has 0 saturated carbocycles. The molecule has 10 rings (SSSR count). The molecule has 3 nitrogen and oxygen atoms in total. The van der Waals surface area contributed by atoms with E-state index in [1.165, 1.54) is 48.8 Å². The summed E-state index contributed by atoms with van der Waals surface area (Å²) in [7, 11) is 0. The van der Waals surface area contributed by atoms with Gasteiger partial charge in [-0.3, -0.25) is 0 Å². The molecule has 8 aromatic carbocycles. The van der Waals surface area contributed by atoms with Crippen LogP contribution in [0.1, 0.15) is 0 Å². The number of aromatic amines is 1. The van der Waals surface area contributed by atoms with Gasteiger partial charge in [0.05, 0.1) is 17.1 Å². The standard InChI is InChI=1S/C48H31N3/c1-4-16-36-31(11-1)14-9-21-42(36)46-29-45(50-48(51-46)44-22-10-15-32-12-2-5-17-37(32)44)34-25-23-33(24-26-34)38-27-28-43(41-20-8-7-19-40(38)41)47-39-18-6-3-13-35(39)30-49-47/h1-30,49H. The molecule has 2 heterocycles. The highest BCUT2D eigenvalue weighted by molar-refractivity contribution is 6.09. The molecule has 238 valence electrons. The highest BCUT2D eigenvalue weighted by Crippen LogP contribution is 2.39. The lowest BCUT2D eigenvalue weighted by atomic mass is 9.92. The highest BCUT2D eigenvalue weighted by atomic mass is 14.9. The zero-order chi connectivity index (χ0) is 33.7. The summed E-state index contributed by atoms with van der Waals surface area (Å²) in [6, 6.07) is 62.4. The van der Waals surface area contributed by atoms with Crippen LogP contribution in [-0.2, 0) is 0 Å². The van der Waals surface area contributed by atoms with Gasteiger partial charge in [0, 0.05) is 33.8 Å². The number of fused-ring (bicyclic) bond motifs is 4. The zero-order valence-electron chi connectivity index (χ0n) is 27.7. The topological polar surface area (TPSA) is 41.6 Å². The molecular formula is C48H31N3. The van der Waals surface area contributed by atoms with E-state index in [2.05, 4.69) is 187 Å². The van der Waals surface area contributed by atoms with Crippen molar-refractivity contribution in [1.29, 1.82) is 0 Å². The number of hydrogen-bond donors (Lipinski definition) is 1. The summed E-state index contributed by atoms with van der Waals surface area (Å²) >= 11 is 0. The van der Waals surface area contributed by atoms with Gasteiger partial charge < -0.3 is 4.98 Å². The Balaban J connectivity index is 1.11. The lowest BCUT2D eigenvalue weighted by Gasteiger charge is -2.14. The second-order valence-corrected chi connectivity index (χ2v) is 13.0. The molecule has 2 aromatic heterocycles. The molecule has 0 aliphatic carbocycles. The van der Waals surface area contributed by atoms with Gasteiger partial charge in [0.1, 0.15) is 0 Å². The summed E-state index contributed by atoms with van der Waals surface area (Å²) in [5.74, 6) is 0.717. The van der Waals surface area contributed by atoms with Gasteiger partial charge in [-0.15, -0.1) is 0 Å². The summed E-state index contributed by atoms with van der Waals surface area (Å²) in [4.78, 5) is 14.0. The van der Waals surface area contributed by atoms with E-state index < -0.39 is 0 Å². The number of H-pyrrole nitrogens is 1. The van der Waals surface area contributed by atoms with Crippen molar-refractivity contribution in [3.63, 3.8) is 0 Å². The first kappa shape index (κ1) is 29.1. The third kappa shape index (κ3) is 4.98. The average molecular weight is 650 g/mol. The van der Waals surface area contributed by atoms with Crippen LogP contribution in [0.25, 0.3) is 99.4 Å². The lowest BCUT2D eigenvalue weighted by molar-refractivity contribution is 1.19. The molecule has 0 spiro atoms. The number of benzene rings is 8. The van der Waals surface area contributed by atoms with Crippen molar-refractivity contribution in [1.82, 2.24) is 15.0 Å². The fourth-order valence-corrected chi connectivity index (χ4v) is 7.61. The quantitative estimate of drug-likeness (QED) is 0.202. The molecule has 0 atom stereocenters. The Labute approximate surface area is 295 Å². The first-order valence-electron chi connectivity index (χ1n) is 17.3. The van der Waals surface area contributed by atoms with Crippen molar-refractivity contribution in [2.45, 2.75) is 0 Å². The SMILES string of the molecule is c1ccc2c(-c3cc(-c4ccc(-c5ccc(-c6[nH]cc7ccccc67)c6ccccc56)cc4)nc(-c4cccc5ccccc45)n3)cccc2c1. The van der Waals surface area contributed by atoms with Crippen LogP contribution >= 0.6 is 0 Å². The van der Waals surface area contributed by atoms with Gasteiger partial charge in [0.2, 0.25) is 0 Å². The van der Waals surface area contributed by atoms with Crippen LogP contribution in [0.5, 0.6) is 0 Å². The number of rotatable bonds is 5. The largest absolute Gasteiger partial charge is 0.360 e. The molecule has 0 saturated heterocycles. The van der Waals surface area contributed by atoms with Crippen molar-refractivity contribution in [3.05, 3.63) is 182 Å². The first-order valence-corrected chi connectivity index (χ1v) is 17.3. The minimum Gasteiger partial charge on any atom is -0.360 e. The normalized spacial score (nSPS) is 11.5. The van der Waals surface area contributed by atoms with Crippen molar-refractivity contribution in [2.24, 2.45) is 0 Å². The van der Waals surface area contributed by atoms with Gasteiger partial charge >= 0.3 is 0 Å². The zero-order valence-corrected chi connectivity index (χ0v) is 27.7. The molecule has 3 heteroatoms. The van der Waals surface area contributed by atoms with Crippen molar-refractivity contribution in [3.8, 4) is 56.3 Å². The molecule has 0 radical (unpaired) electrons. The van der Waals surface area contributed by atoms with Crippen LogP contribution in [0.15, 0.2) is 182 Å². The maximum absolute atomic E-state index is 5.23. The van der Waals surface area contributed by atoms with Crippen LogP contribution < -0.4 is 0 Å². The molecule has 1 N–H and O–H groups in total. The Kier molecular flexibility index (Phi) is 6.81. The second kappa shape index (κ2) is 11.9. The molecule has 0 amide bonds. The van der Waals surface area contributed by atoms with Gasteiger partial charge in [0.25, 0.3) is 0 Å². The maximum Gasteiger partial charge on any atom is 0.161 e. The van der Waals surface area contributed by atoms with Gasteiger partial charge in [0.15, 0.2) is 5.82 Å². The van der Waals surface area contributed by atoms with E-state index in [9.17, 15) is 0 Å². The van der Waals surface area contributed by atoms with Crippen LogP contribution in [-0.4, -0.2) is 15.0 Å². The fraction of sp³-hybridized carbons (Fsp3) is 0. The molecule has 51 heavy (non-hydrogen) atoms. The lowest BCUT2D eigenvalue weighted by Crippen LogP contribution is -1.97. The van der Waals surface area contributed by atoms with Gasteiger partial charge in [-0.05, 0) is 54.9 Å². The number of hydrogen-bond acceptors (Lipinski definition) is 2. The Hall–Kier alpha value is -6.84. The second-order valence-electron chi connectivity index (χ2n) is 13.0. The van der Waals surface area contributed by atoms with Gasteiger partial charge in [-0.2, -0.15) is 0 Å². The summed E-state index contributed by atoms with van der Waals surface area (Å²) in [6.07, 6.45) is 2.09. The minimum absolute atomic E-state index is 0.717. The van der Waals surface area contributed by atoms with Gasteiger partial charge in [-0.25, -0.2) is 9.97 Å². The van der Waals surface area contributed by atoms with Crippen LogP contribution in [0.4, 0.5) is 0 Å². The molecule has 0 bridgehead atoms. The van der Waals surface area contributed by atoms with Crippen molar-refractivity contribution in [2.75, 3.05) is 0 Å². The van der Waals surface area contributed by atoms with E-state index in [0.29, 0.717) is 0 Å². The Morgan fingerprint density at radius 3 is 1.57 bits per heavy atom. The first-order chi connectivity index (χ1) is 25.3. The maximum atomic E-state index is 5.23. The number of nitrogens with zero attached hydrogens (tertiary/aromatic N) is 2. The van der Waals surface area contributed by atoms with Crippen LogP contribution in [0.3, 0.4) is 0 Å². The average Bonchev–Trinajstić information content (AvgIpc) is 3.64. The van der Waals surface area contributed by atoms with E-state index in [1.807, 2.05) is 0 Å². The van der Waals surface area contributed by atoms with E-state index in [0.717, 1.165) is 50.5 Å². The molecule has 0 aliphatic heterocycles. The van der Waals surface area contributed by atoms with Gasteiger partial charge in [-0.1, -0.05) is 170 Å². The Bertz CT molecular complexity index is 2810. The van der Waals surface area contributed by atoms with Crippen molar-refractivity contribution >= 4 is 43.1 Å². The molecule has 0 fully saturated rings. The summed E-state index contributed by atoms with van der Waals surface area (Å²) in [5.41, 5.74) is 9.67. The summed E-state index contributed by atoms with van der Waals surface area (Å²) < 4.78 is 0. The van der Waals surface area contributed by atoms with E-state index >= 15 is 0 Å². The molecule has 0 unspecified atom stereocenters. The predicted molar refractivity (Wildman–Crippen MR) is 214 cm³/mol. The smallest absolute Gasteiger partial charge is 0.161 e. The molecule has 10 aromatic rings. The fourth-order valence-electron chi connectivity index (χ4n) is 7.61. The van der Waals surface area contributed by atoms with Crippen LogP contribution in [0.2, 0.25) is 0 Å². The molecule has 0 aliphatic rings. The molecular weight excluding hydrogens is 619 g/mol. The third-order valence-corrected chi connectivity index (χ3v) is 10.1. The monoisotopic (exact) mass is 649 g/mol. The number of nitrogens with one attached hydrogen (secondary N) is 1. The van der Waals surface area contributed by atoms with E-state index in [4.69, 9.17) is 9.97 Å². The minimum atomic E-state index is 0.717. The van der Waals surface area contributed by atoms with Crippen molar-refractivity contribution < 1.29 is 0 Å². The van der Waals surface area contributed by atoms with E-state index in [-0.39, 0.29) is 0 Å². The summed E-state index contributed by atoms with van der Waals surface area (Å²) in [6.45, 7) is 0. The van der Waals surface area contributed by atoms with Crippen LogP contribution in [0, 0.1) is 0 Å².